The van der Waals surface area contributed by atoms with Crippen molar-refractivity contribution < 1.29 is 9.53 Å². The quantitative estimate of drug-likeness (QED) is 0.903. The smallest absolute Gasteiger partial charge is 0.408 e. The fourth-order valence-electron chi connectivity index (χ4n) is 2.00. The van der Waals surface area contributed by atoms with Crippen LogP contribution >= 0.6 is 0 Å². The Bertz CT molecular complexity index is 406. The lowest BCUT2D eigenvalue weighted by Gasteiger charge is -2.33. The van der Waals surface area contributed by atoms with Crippen molar-refractivity contribution in [2.45, 2.75) is 58.6 Å². The zero-order valence-corrected chi connectivity index (χ0v) is 12.5. The molecule has 0 spiro atoms. The van der Waals surface area contributed by atoms with Crippen molar-refractivity contribution in [3.63, 3.8) is 0 Å². The number of hydrogen-bond acceptors (Lipinski definition) is 3. The van der Waals surface area contributed by atoms with Gasteiger partial charge in [0.2, 0.25) is 0 Å². The Labute approximate surface area is 115 Å². The fourth-order valence-corrected chi connectivity index (χ4v) is 2.00. The number of carbonyl (C=O) groups excluding carboxylic acids is 1. The van der Waals surface area contributed by atoms with Crippen LogP contribution in [0.5, 0.6) is 0 Å². The van der Waals surface area contributed by atoms with Gasteiger partial charge in [0.1, 0.15) is 5.60 Å². The largest absolute Gasteiger partial charge is 0.444 e. The van der Waals surface area contributed by atoms with Crippen LogP contribution < -0.4 is 5.32 Å². The van der Waals surface area contributed by atoms with E-state index in [9.17, 15) is 4.79 Å². The third kappa shape index (κ3) is 4.23. The van der Waals surface area contributed by atoms with E-state index in [1.165, 1.54) is 0 Å². The summed E-state index contributed by atoms with van der Waals surface area (Å²) >= 11 is 0. The highest BCUT2D eigenvalue weighted by molar-refractivity contribution is 5.69. The monoisotopic (exact) mass is 264 g/mol. The Morgan fingerprint density at radius 3 is 2.32 bits per heavy atom. The number of carbonyl (C=O) groups is 1. The van der Waals surface area contributed by atoms with Crippen LogP contribution in [-0.2, 0) is 10.3 Å². The first kappa shape index (κ1) is 15.5. The number of hydrogen-bond donors (Lipinski definition) is 1. The number of amides is 1. The van der Waals surface area contributed by atoms with Crippen LogP contribution in [0.1, 0.15) is 53.2 Å². The maximum Gasteiger partial charge on any atom is 0.408 e. The van der Waals surface area contributed by atoms with Gasteiger partial charge in [-0.25, -0.2) is 4.79 Å². The lowest BCUT2D eigenvalue weighted by molar-refractivity contribution is 0.0440. The van der Waals surface area contributed by atoms with Crippen molar-refractivity contribution >= 4 is 6.09 Å². The second-order valence-electron chi connectivity index (χ2n) is 5.63. The number of ether oxygens (including phenoxy) is 1. The molecule has 0 aromatic carbocycles. The summed E-state index contributed by atoms with van der Waals surface area (Å²) < 4.78 is 5.34. The van der Waals surface area contributed by atoms with E-state index >= 15 is 0 Å². The minimum atomic E-state index is -0.499. The summed E-state index contributed by atoms with van der Waals surface area (Å²) in [7, 11) is 0. The first-order valence-corrected chi connectivity index (χ1v) is 6.75. The van der Waals surface area contributed by atoms with Gasteiger partial charge in [-0.1, -0.05) is 19.9 Å². The van der Waals surface area contributed by atoms with Gasteiger partial charge in [0, 0.05) is 6.20 Å². The lowest BCUT2D eigenvalue weighted by Crippen LogP contribution is -2.47. The maximum atomic E-state index is 12.0. The predicted octanol–water partition coefficient (Wildman–Crippen LogP) is 3.62. The summed E-state index contributed by atoms with van der Waals surface area (Å²) in [5.41, 5.74) is -0.101. The molecule has 0 saturated heterocycles. The average Bonchev–Trinajstić information content (AvgIpc) is 2.35. The van der Waals surface area contributed by atoms with Crippen molar-refractivity contribution in [3.05, 3.63) is 30.1 Å². The number of aromatic nitrogens is 1. The average molecular weight is 264 g/mol. The van der Waals surface area contributed by atoms with E-state index in [-0.39, 0.29) is 0 Å². The lowest BCUT2D eigenvalue weighted by atomic mass is 9.88. The molecule has 19 heavy (non-hydrogen) atoms. The van der Waals surface area contributed by atoms with Gasteiger partial charge >= 0.3 is 6.09 Å². The van der Waals surface area contributed by atoms with Crippen molar-refractivity contribution in [3.8, 4) is 0 Å². The molecule has 1 amide bonds. The standard InChI is InChI=1S/C15H24N2O2/c1-6-15(7-2,12-10-8-9-11-16-12)17-13(18)19-14(3,4)5/h8-11H,6-7H2,1-5H3,(H,17,18). The molecule has 0 radical (unpaired) electrons. The molecule has 0 unspecified atom stereocenters. The number of pyridine rings is 1. The number of alkyl carbamates (subject to hydrolysis) is 1. The van der Waals surface area contributed by atoms with Gasteiger partial charge in [-0.3, -0.25) is 4.98 Å². The first-order valence-electron chi connectivity index (χ1n) is 6.75. The third-order valence-electron chi connectivity index (χ3n) is 3.10. The second kappa shape index (κ2) is 6.04. The number of nitrogens with one attached hydrogen (secondary N) is 1. The molecule has 4 nitrogen and oxygen atoms in total. The molecular formula is C15H24N2O2. The molecular weight excluding hydrogens is 240 g/mol. The molecule has 1 rings (SSSR count). The van der Waals surface area contributed by atoms with Gasteiger partial charge in [0.15, 0.2) is 0 Å². The van der Waals surface area contributed by atoms with Gasteiger partial charge in [0.25, 0.3) is 0 Å². The van der Waals surface area contributed by atoms with E-state index in [1.807, 2.05) is 52.8 Å². The van der Waals surface area contributed by atoms with Crippen molar-refractivity contribution in [1.82, 2.24) is 10.3 Å². The van der Waals surface area contributed by atoms with Crippen LogP contribution in [0.15, 0.2) is 24.4 Å². The molecule has 1 aromatic heterocycles. The molecule has 0 saturated carbocycles. The highest BCUT2D eigenvalue weighted by Gasteiger charge is 2.33. The third-order valence-corrected chi connectivity index (χ3v) is 3.10. The Kier molecular flexibility index (Phi) is 4.92. The summed E-state index contributed by atoms with van der Waals surface area (Å²) in [6.07, 6.45) is 2.87. The highest BCUT2D eigenvalue weighted by Crippen LogP contribution is 2.27. The minimum absolute atomic E-state index is 0.401. The topological polar surface area (TPSA) is 51.2 Å². The fraction of sp³-hybridized carbons (Fsp3) is 0.600. The molecule has 1 heterocycles. The Hall–Kier alpha value is -1.58. The molecule has 0 bridgehead atoms. The summed E-state index contributed by atoms with van der Waals surface area (Å²) in [6, 6.07) is 5.73. The van der Waals surface area contributed by atoms with Crippen molar-refractivity contribution in [2.24, 2.45) is 0 Å². The SMILES string of the molecule is CCC(CC)(NC(=O)OC(C)(C)C)c1ccccn1. The summed E-state index contributed by atoms with van der Waals surface area (Å²) in [4.78, 5) is 16.4. The molecule has 0 aliphatic heterocycles. The van der Waals surface area contributed by atoms with E-state index < -0.39 is 17.2 Å². The number of rotatable bonds is 4. The highest BCUT2D eigenvalue weighted by atomic mass is 16.6. The Balaban J connectivity index is 2.92. The van der Waals surface area contributed by atoms with Gasteiger partial charge in [0.05, 0.1) is 11.2 Å². The van der Waals surface area contributed by atoms with Gasteiger partial charge in [-0.2, -0.15) is 0 Å². The minimum Gasteiger partial charge on any atom is -0.444 e. The molecule has 0 aliphatic carbocycles. The summed E-state index contributed by atoms with van der Waals surface area (Å²) in [6.45, 7) is 9.64. The van der Waals surface area contributed by atoms with Crippen LogP contribution in [0.4, 0.5) is 4.79 Å². The first-order chi connectivity index (χ1) is 8.83. The molecule has 1 aromatic rings. The van der Waals surface area contributed by atoms with Gasteiger partial charge in [-0.15, -0.1) is 0 Å². The molecule has 0 atom stereocenters. The van der Waals surface area contributed by atoms with Crippen LogP contribution in [0.25, 0.3) is 0 Å². The van der Waals surface area contributed by atoms with E-state index in [0.29, 0.717) is 0 Å². The van der Waals surface area contributed by atoms with Gasteiger partial charge in [-0.05, 0) is 45.7 Å². The molecule has 0 aliphatic rings. The van der Waals surface area contributed by atoms with Crippen LogP contribution in [0.2, 0.25) is 0 Å². The van der Waals surface area contributed by atoms with Crippen molar-refractivity contribution in [1.29, 1.82) is 0 Å². The molecule has 4 heteroatoms. The predicted molar refractivity (Wildman–Crippen MR) is 75.9 cm³/mol. The zero-order chi connectivity index (χ0) is 14.5. The van der Waals surface area contributed by atoms with E-state index in [1.54, 1.807) is 6.20 Å². The Morgan fingerprint density at radius 1 is 1.26 bits per heavy atom. The van der Waals surface area contributed by atoms with Crippen molar-refractivity contribution in [2.75, 3.05) is 0 Å². The number of nitrogens with zero attached hydrogens (tertiary/aromatic N) is 1. The van der Waals surface area contributed by atoms with Crippen LogP contribution in [0, 0.1) is 0 Å². The van der Waals surface area contributed by atoms with Crippen LogP contribution in [0.3, 0.4) is 0 Å². The van der Waals surface area contributed by atoms with E-state index in [4.69, 9.17) is 4.74 Å². The normalized spacial score (nSPS) is 12.1. The van der Waals surface area contributed by atoms with Gasteiger partial charge < -0.3 is 10.1 Å². The van der Waals surface area contributed by atoms with E-state index in [0.717, 1.165) is 18.5 Å². The Morgan fingerprint density at radius 2 is 1.89 bits per heavy atom. The summed E-state index contributed by atoms with van der Waals surface area (Å²) in [5.74, 6) is 0. The molecule has 1 N–H and O–H groups in total. The van der Waals surface area contributed by atoms with Crippen LogP contribution in [-0.4, -0.2) is 16.7 Å². The molecule has 106 valence electrons. The second-order valence-corrected chi connectivity index (χ2v) is 5.63. The molecule has 0 fully saturated rings. The summed E-state index contributed by atoms with van der Waals surface area (Å²) in [5, 5.41) is 2.98. The van der Waals surface area contributed by atoms with E-state index in [2.05, 4.69) is 10.3 Å². The maximum absolute atomic E-state index is 12.0. The zero-order valence-electron chi connectivity index (χ0n) is 12.5.